The van der Waals surface area contributed by atoms with Crippen LogP contribution < -0.4 is 10.2 Å². The quantitative estimate of drug-likeness (QED) is 0.873. The van der Waals surface area contributed by atoms with Gasteiger partial charge in [0.15, 0.2) is 0 Å². The molecule has 25 heavy (non-hydrogen) atoms. The monoisotopic (exact) mass is 338 g/mol. The summed E-state index contributed by atoms with van der Waals surface area (Å²) in [5, 5.41) is 2.76. The number of benzene rings is 2. The van der Waals surface area contributed by atoms with Crippen molar-refractivity contribution in [3.63, 3.8) is 0 Å². The van der Waals surface area contributed by atoms with Crippen LogP contribution in [0, 0.1) is 0 Å². The zero-order valence-corrected chi connectivity index (χ0v) is 14.0. The maximum absolute atomic E-state index is 12.8. The van der Waals surface area contributed by atoms with E-state index in [9.17, 15) is 14.4 Å². The Balaban J connectivity index is 1.92. The molecule has 1 aliphatic rings. The highest BCUT2D eigenvalue weighted by atomic mass is 16.5. The molecule has 0 fully saturated rings. The van der Waals surface area contributed by atoms with Gasteiger partial charge >= 0.3 is 5.97 Å². The van der Waals surface area contributed by atoms with Crippen LogP contribution >= 0.6 is 0 Å². The molecule has 1 atom stereocenters. The molecule has 0 aromatic heterocycles. The Kier molecular flexibility index (Phi) is 4.52. The fourth-order valence-electron chi connectivity index (χ4n) is 2.98. The lowest BCUT2D eigenvalue weighted by Gasteiger charge is -2.31. The molecule has 1 N–H and O–H groups in total. The molecule has 2 aromatic carbocycles. The van der Waals surface area contributed by atoms with E-state index in [1.807, 2.05) is 24.3 Å². The van der Waals surface area contributed by atoms with Crippen molar-refractivity contribution in [2.45, 2.75) is 12.3 Å². The number of esters is 1. The molecule has 6 nitrogen and oxygen atoms in total. The molecule has 1 heterocycles. The first-order valence-corrected chi connectivity index (χ1v) is 7.86. The minimum absolute atomic E-state index is 0.0831. The van der Waals surface area contributed by atoms with E-state index < -0.39 is 11.9 Å². The number of ether oxygens (including phenoxy) is 1. The van der Waals surface area contributed by atoms with Crippen LogP contribution in [-0.4, -0.2) is 31.9 Å². The average molecular weight is 338 g/mol. The first-order valence-electron chi connectivity index (χ1n) is 7.86. The van der Waals surface area contributed by atoms with Crippen molar-refractivity contribution in [1.82, 2.24) is 0 Å². The van der Waals surface area contributed by atoms with E-state index in [4.69, 9.17) is 4.74 Å². The van der Waals surface area contributed by atoms with Crippen LogP contribution in [0.2, 0.25) is 0 Å². The van der Waals surface area contributed by atoms with Gasteiger partial charge in [0.2, 0.25) is 11.8 Å². The van der Waals surface area contributed by atoms with Crippen molar-refractivity contribution in [2.24, 2.45) is 0 Å². The van der Waals surface area contributed by atoms with Gasteiger partial charge in [-0.25, -0.2) is 4.79 Å². The number of nitrogens with one attached hydrogen (secondary N) is 1. The highest BCUT2D eigenvalue weighted by molar-refractivity contribution is 6.08. The molecule has 2 aromatic rings. The van der Waals surface area contributed by atoms with Crippen LogP contribution in [0.3, 0.4) is 0 Å². The SMILES string of the molecule is COC(=O)c1ccccc1NC(=O)C1CC(=O)N(C)c2ccccc21. The molecule has 2 amide bonds. The highest BCUT2D eigenvalue weighted by Crippen LogP contribution is 2.35. The number of carbonyl (C=O) groups is 3. The molecule has 0 bridgehead atoms. The van der Waals surface area contributed by atoms with E-state index in [-0.39, 0.29) is 23.8 Å². The number of fused-ring (bicyclic) bond motifs is 1. The number of rotatable bonds is 3. The van der Waals surface area contributed by atoms with E-state index in [1.54, 1.807) is 36.2 Å². The number of para-hydroxylation sites is 2. The largest absolute Gasteiger partial charge is 0.465 e. The van der Waals surface area contributed by atoms with Gasteiger partial charge in [0.05, 0.1) is 24.3 Å². The first kappa shape index (κ1) is 16.7. The maximum Gasteiger partial charge on any atom is 0.339 e. The van der Waals surface area contributed by atoms with Crippen LogP contribution in [0.4, 0.5) is 11.4 Å². The van der Waals surface area contributed by atoms with Crippen molar-refractivity contribution in [3.8, 4) is 0 Å². The Hall–Kier alpha value is -3.15. The van der Waals surface area contributed by atoms with Gasteiger partial charge in [0.25, 0.3) is 0 Å². The number of nitrogens with zero attached hydrogens (tertiary/aromatic N) is 1. The number of hydrogen-bond donors (Lipinski definition) is 1. The lowest BCUT2D eigenvalue weighted by molar-refractivity contribution is -0.124. The fraction of sp³-hybridized carbons (Fsp3) is 0.211. The highest BCUT2D eigenvalue weighted by Gasteiger charge is 2.33. The summed E-state index contributed by atoms with van der Waals surface area (Å²) in [5.41, 5.74) is 2.15. The lowest BCUT2D eigenvalue weighted by Crippen LogP contribution is -2.37. The van der Waals surface area contributed by atoms with Crippen LogP contribution in [0.15, 0.2) is 48.5 Å². The second kappa shape index (κ2) is 6.76. The third-order valence-electron chi connectivity index (χ3n) is 4.33. The van der Waals surface area contributed by atoms with Gasteiger partial charge in [-0.15, -0.1) is 0 Å². The standard InChI is InChI=1S/C19H18N2O4/c1-21-16-10-6-4-7-12(16)14(11-17(21)22)18(23)20-15-9-5-3-8-13(15)19(24)25-2/h3-10,14H,11H2,1-2H3,(H,20,23). The molecule has 1 unspecified atom stereocenters. The summed E-state index contributed by atoms with van der Waals surface area (Å²) >= 11 is 0. The predicted octanol–water partition coefficient (Wildman–Crippen LogP) is 2.56. The molecule has 0 radical (unpaired) electrons. The van der Waals surface area contributed by atoms with Gasteiger partial charge < -0.3 is 15.0 Å². The van der Waals surface area contributed by atoms with Gasteiger partial charge in [-0.05, 0) is 23.8 Å². The number of carbonyl (C=O) groups excluding carboxylic acids is 3. The maximum atomic E-state index is 12.8. The molecule has 3 rings (SSSR count). The fourth-order valence-corrected chi connectivity index (χ4v) is 2.98. The normalized spacial score (nSPS) is 16.2. The molecular weight excluding hydrogens is 320 g/mol. The summed E-state index contributed by atoms with van der Waals surface area (Å²) in [7, 11) is 2.98. The third-order valence-corrected chi connectivity index (χ3v) is 4.33. The van der Waals surface area contributed by atoms with Crippen molar-refractivity contribution >= 4 is 29.2 Å². The summed E-state index contributed by atoms with van der Waals surface area (Å²) in [4.78, 5) is 38.4. The number of anilines is 2. The van der Waals surface area contributed by atoms with Crippen LogP contribution in [0.5, 0.6) is 0 Å². The second-order valence-corrected chi connectivity index (χ2v) is 5.79. The summed E-state index contributed by atoms with van der Waals surface area (Å²) < 4.78 is 4.74. The van der Waals surface area contributed by atoms with Crippen molar-refractivity contribution in [3.05, 3.63) is 59.7 Å². The Morgan fingerprint density at radius 2 is 1.80 bits per heavy atom. The van der Waals surface area contributed by atoms with Crippen LogP contribution in [-0.2, 0) is 14.3 Å². The molecule has 6 heteroatoms. The summed E-state index contributed by atoms with van der Waals surface area (Å²) in [5.74, 6) is -1.59. The summed E-state index contributed by atoms with van der Waals surface area (Å²) in [6.45, 7) is 0. The van der Waals surface area contributed by atoms with E-state index in [0.29, 0.717) is 5.69 Å². The van der Waals surface area contributed by atoms with Gasteiger partial charge in [0.1, 0.15) is 0 Å². The molecule has 0 saturated carbocycles. The average Bonchev–Trinajstić information content (AvgIpc) is 2.64. The first-order chi connectivity index (χ1) is 12.0. The van der Waals surface area contributed by atoms with Gasteiger partial charge in [-0.1, -0.05) is 30.3 Å². The molecular formula is C19H18N2O4. The molecule has 1 aliphatic heterocycles. The zero-order chi connectivity index (χ0) is 18.0. The van der Waals surface area contributed by atoms with Crippen LogP contribution in [0.1, 0.15) is 28.3 Å². The number of amides is 2. The number of hydrogen-bond acceptors (Lipinski definition) is 4. The van der Waals surface area contributed by atoms with Gasteiger partial charge in [-0.2, -0.15) is 0 Å². The Morgan fingerprint density at radius 3 is 2.56 bits per heavy atom. The van der Waals surface area contributed by atoms with E-state index in [1.165, 1.54) is 7.11 Å². The van der Waals surface area contributed by atoms with Gasteiger partial charge in [0, 0.05) is 19.2 Å². The van der Waals surface area contributed by atoms with Crippen molar-refractivity contribution < 1.29 is 19.1 Å². The summed E-state index contributed by atoms with van der Waals surface area (Å²) in [6, 6.07) is 13.9. The van der Waals surface area contributed by atoms with Crippen LogP contribution in [0.25, 0.3) is 0 Å². The van der Waals surface area contributed by atoms with Gasteiger partial charge in [-0.3, -0.25) is 9.59 Å². The Morgan fingerprint density at radius 1 is 1.12 bits per heavy atom. The zero-order valence-electron chi connectivity index (χ0n) is 14.0. The predicted molar refractivity (Wildman–Crippen MR) is 93.6 cm³/mol. The molecule has 0 spiro atoms. The molecule has 0 saturated heterocycles. The topological polar surface area (TPSA) is 75.7 Å². The van der Waals surface area contributed by atoms with E-state index in [0.717, 1.165) is 11.3 Å². The molecule has 128 valence electrons. The minimum Gasteiger partial charge on any atom is -0.465 e. The minimum atomic E-state index is -0.606. The Labute approximate surface area is 145 Å². The lowest BCUT2D eigenvalue weighted by atomic mass is 9.88. The molecule has 0 aliphatic carbocycles. The van der Waals surface area contributed by atoms with E-state index >= 15 is 0 Å². The van der Waals surface area contributed by atoms with E-state index in [2.05, 4.69) is 5.32 Å². The van der Waals surface area contributed by atoms with Crippen molar-refractivity contribution in [2.75, 3.05) is 24.4 Å². The smallest absolute Gasteiger partial charge is 0.339 e. The summed E-state index contributed by atoms with van der Waals surface area (Å²) in [6.07, 6.45) is 0.0831. The third kappa shape index (κ3) is 3.10. The Bertz CT molecular complexity index is 847. The van der Waals surface area contributed by atoms with Crippen molar-refractivity contribution in [1.29, 1.82) is 0 Å². The number of methoxy groups -OCH3 is 1. The second-order valence-electron chi connectivity index (χ2n) is 5.79.